The Bertz CT molecular complexity index is 871. The third kappa shape index (κ3) is 6.57. The van der Waals surface area contributed by atoms with E-state index >= 15 is 0 Å². The van der Waals surface area contributed by atoms with Gasteiger partial charge in [-0.1, -0.05) is 0 Å². The molecule has 0 radical (unpaired) electrons. The Morgan fingerprint density at radius 1 is 0.919 bits per heavy atom. The Morgan fingerprint density at radius 3 is 1.95 bits per heavy atom. The van der Waals surface area contributed by atoms with Gasteiger partial charge in [-0.3, -0.25) is 14.4 Å². The smallest absolute Gasteiger partial charge is 0.246 e. The van der Waals surface area contributed by atoms with Crippen LogP contribution in [-0.4, -0.2) is 90.4 Å². The molecule has 2 N–H and O–H groups in total. The van der Waals surface area contributed by atoms with Gasteiger partial charge in [0.05, 0.1) is 34.6 Å². The minimum Gasteiger partial charge on any atom is -0.379 e. The number of halogens is 4. The lowest BCUT2D eigenvalue weighted by Gasteiger charge is -2.56. The maximum Gasteiger partial charge on any atom is 0.246 e. The quantitative estimate of drug-likeness (QED) is 0.414. The van der Waals surface area contributed by atoms with E-state index in [-0.39, 0.29) is 56.9 Å². The fourth-order valence-electron chi connectivity index (χ4n) is 6.19. The molecule has 9 atom stereocenters. The number of amides is 2. The second-order valence-corrected chi connectivity index (χ2v) is 12.0. The van der Waals surface area contributed by atoms with Crippen LogP contribution in [0.15, 0.2) is 0 Å². The summed E-state index contributed by atoms with van der Waals surface area (Å²) in [4.78, 5) is 38.6. The molecule has 2 bridgehead atoms. The van der Waals surface area contributed by atoms with Gasteiger partial charge in [0.25, 0.3) is 0 Å². The minimum absolute atomic E-state index is 0.00552. The standard InChI is InChI=1S/C25H36Cl2F2N2O6/c1-35-21-11-24(30-22(33)12-36-14-2-4-16(26)18(28)8-14)6-7-25(21,10-20(24)32)31-23(34)13-37-15-3-5-17(27)19(29)9-15/h14-19,21H,2-13H2,1H3,(H,30,33)(H,31,34)/t14?,15?,16?,17?,18?,19?,21-,24-,25-/m1/s1. The lowest BCUT2D eigenvalue weighted by Crippen LogP contribution is -2.74. The lowest BCUT2D eigenvalue weighted by molar-refractivity contribution is -0.156. The highest BCUT2D eigenvalue weighted by molar-refractivity contribution is 6.21. The third-order valence-electron chi connectivity index (χ3n) is 8.40. The molecule has 0 aromatic heterocycles. The predicted molar refractivity (Wildman–Crippen MR) is 132 cm³/mol. The number of nitrogens with one attached hydrogen (secondary N) is 2. The molecule has 0 saturated heterocycles. The average molecular weight is 569 g/mol. The van der Waals surface area contributed by atoms with Crippen LogP contribution in [0, 0.1) is 0 Å². The fourth-order valence-corrected chi connectivity index (χ4v) is 6.65. The van der Waals surface area contributed by atoms with Crippen LogP contribution in [0.25, 0.3) is 0 Å². The van der Waals surface area contributed by atoms with Crippen LogP contribution >= 0.6 is 23.2 Å². The number of carbonyl (C=O) groups is 3. The maximum atomic E-state index is 13.9. The molecule has 6 unspecified atom stereocenters. The second-order valence-electron chi connectivity index (χ2n) is 10.9. The van der Waals surface area contributed by atoms with Crippen LogP contribution in [-0.2, 0) is 28.6 Å². The number of alkyl halides is 4. The minimum atomic E-state index is -1.17. The van der Waals surface area contributed by atoms with Gasteiger partial charge < -0.3 is 24.8 Å². The first kappa shape index (κ1) is 28.9. The lowest BCUT2D eigenvalue weighted by atomic mass is 9.59. The van der Waals surface area contributed by atoms with Crippen molar-refractivity contribution < 1.29 is 37.4 Å². The number of hydrogen-bond acceptors (Lipinski definition) is 6. The Kier molecular flexibility index (Phi) is 9.37. The molecule has 210 valence electrons. The summed E-state index contributed by atoms with van der Waals surface area (Å²) in [7, 11) is 1.51. The van der Waals surface area contributed by atoms with E-state index in [1.165, 1.54) is 7.11 Å². The Hall–Kier alpha value is -1.07. The van der Waals surface area contributed by atoms with E-state index in [4.69, 9.17) is 37.4 Å². The van der Waals surface area contributed by atoms with Gasteiger partial charge in [0, 0.05) is 32.8 Å². The normalized spacial score (nSPS) is 41.9. The van der Waals surface area contributed by atoms with Gasteiger partial charge in [-0.25, -0.2) is 8.78 Å². The molecule has 0 spiro atoms. The summed E-state index contributed by atoms with van der Waals surface area (Å²) in [6, 6.07) is 0. The molecule has 5 rings (SSSR count). The van der Waals surface area contributed by atoms with Crippen LogP contribution in [0.2, 0.25) is 0 Å². The van der Waals surface area contributed by atoms with Gasteiger partial charge in [0.15, 0.2) is 5.78 Å². The highest BCUT2D eigenvalue weighted by Gasteiger charge is 2.60. The number of carbonyl (C=O) groups excluding carboxylic acids is 3. The molecule has 2 amide bonds. The monoisotopic (exact) mass is 568 g/mol. The van der Waals surface area contributed by atoms with E-state index < -0.39 is 52.1 Å². The van der Waals surface area contributed by atoms with Gasteiger partial charge in [-0.05, 0) is 38.5 Å². The van der Waals surface area contributed by atoms with Crippen molar-refractivity contribution in [2.45, 2.75) is 117 Å². The van der Waals surface area contributed by atoms with Crippen molar-refractivity contribution in [3.8, 4) is 0 Å². The van der Waals surface area contributed by atoms with Crippen LogP contribution in [0.4, 0.5) is 8.78 Å². The first-order chi connectivity index (χ1) is 17.6. The highest BCUT2D eigenvalue weighted by atomic mass is 35.5. The molecule has 0 heterocycles. The molecule has 0 aliphatic heterocycles. The number of ketones is 1. The molecule has 0 aromatic rings. The van der Waals surface area contributed by atoms with Gasteiger partial charge >= 0.3 is 0 Å². The van der Waals surface area contributed by atoms with Crippen molar-refractivity contribution in [3.63, 3.8) is 0 Å². The molecule has 5 aliphatic carbocycles. The van der Waals surface area contributed by atoms with Gasteiger partial charge in [0.2, 0.25) is 11.8 Å². The number of rotatable bonds is 9. The zero-order valence-corrected chi connectivity index (χ0v) is 22.5. The molecule has 12 heteroatoms. The summed E-state index contributed by atoms with van der Waals surface area (Å²) >= 11 is 11.8. The number of ether oxygens (including phenoxy) is 3. The average Bonchev–Trinajstić information content (AvgIpc) is 2.86. The molecule has 37 heavy (non-hydrogen) atoms. The topological polar surface area (TPSA) is 103 Å². The van der Waals surface area contributed by atoms with Crippen molar-refractivity contribution in [2.24, 2.45) is 0 Å². The zero-order valence-electron chi connectivity index (χ0n) is 21.0. The summed E-state index contributed by atoms with van der Waals surface area (Å²) in [6.45, 7) is -0.525. The number of fused-ring (bicyclic) bond motifs is 3. The maximum absolute atomic E-state index is 13.9. The van der Waals surface area contributed by atoms with Crippen molar-refractivity contribution in [2.75, 3.05) is 20.3 Å². The van der Waals surface area contributed by atoms with E-state index in [2.05, 4.69) is 10.6 Å². The molecule has 8 nitrogen and oxygen atoms in total. The summed E-state index contributed by atoms with van der Waals surface area (Å²) in [5, 5.41) is 4.74. The number of hydrogen-bond donors (Lipinski definition) is 2. The van der Waals surface area contributed by atoms with E-state index in [1.54, 1.807) is 0 Å². The van der Waals surface area contributed by atoms with E-state index in [1.807, 2.05) is 0 Å². The van der Waals surface area contributed by atoms with Crippen molar-refractivity contribution in [1.29, 1.82) is 0 Å². The zero-order chi connectivity index (χ0) is 26.8. The second kappa shape index (κ2) is 12.0. The summed E-state index contributed by atoms with van der Waals surface area (Å²) in [6.07, 6.45) is -0.190. The summed E-state index contributed by atoms with van der Waals surface area (Å²) in [5.41, 5.74) is -2.00. The molecule has 0 aromatic carbocycles. The first-order valence-electron chi connectivity index (χ1n) is 13.0. The third-order valence-corrected chi connectivity index (χ3v) is 9.38. The fraction of sp³-hybridized carbons (Fsp3) is 0.880. The van der Waals surface area contributed by atoms with Crippen molar-refractivity contribution in [3.05, 3.63) is 0 Å². The molecule has 5 aliphatic rings. The van der Waals surface area contributed by atoms with E-state index in [9.17, 15) is 23.2 Å². The number of Topliss-reactive ketones (excluding diaryl/α,β-unsaturated/α-hetero) is 1. The van der Waals surface area contributed by atoms with Gasteiger partial charge in [-0.2, -0.15) is 0 Å². The summed E-state index contributed by atoms with van der Waals surface area (Å²) < 4.78 is 44.6. The first-order valence-corrected chi connectivity index (χ1v) is 13.9. The highest BCUT2D eigenvalue weighted by Crippen LogP contribution is 2.46. The van der Waals surface area contributed by atoms with Crippen LogP contribution < -0.4 is 10.6 Å². The van der Waals surface area contributed by atoms with E-state index in [0.29, 0.717) is 38.5 Å². The van der Waals surface area contributed by atoms with Crippen molar-refractivity contribution in [1.82, 2.24) is 10.6 Å². The molecular formula is C25H36Cl2F2N2O6. The van der Waals surface area contributed by atoms with Gasteiger partial charge in [0.1, 0.15) is 31.1 Å². The Morgan fingerprint density at radius 2 is 1.46 bits per heavy atom. The van der Waals surface area contributed by atoms with E-state index in [0.717, 1.165) is 0 Å². The number of methoxy groups -OCH3 is 1. The Balaban J connectivity index is 1.28. The van der Waals surface area contributed by atoms with Crippen LogP contribution in [0.3, 0.4) is 0 Å². The predicted octanol–water partition coefficient (Wildman–Crippen LogP) is 2.90. The van der Waals surface area contributed by atoms with Crippen molar-refractivity contribution >= 4 is 40.8 Å². The molecule has 5 fully saturated rings. The largest absolute Gasteiger partial charge is 0.379 e. The van der Waals surface area contributed by atoms with Gasteiger partial charge in [-0.15, -0.1) is 23.2 Å². The molecule has 5 saturated carbocycles. The van der Waals surface area contributed by atoms with Crippen LogP contribution in [0.5, 0.6) is 0 Å². The summed E-state index contributed by atoms with van der Waals surface area (Å²) in [5.74, 6) is -1.03. The Labute approximate surface area is 225 Å². The van der Waals surface area contributed by atoms with Crippen LogP contribution in [0.1, 0.15) is 64.2 Å². The SMILES string of the molecule is CO[C@@H]1C[C@]2(NC(=O)COC3CCC(Cl)C(F)C3)CC[C@@]1(NC(=O)COC1CCC(Cl)C(F)C1)CC2=O. The molecular weight excluding hydrogens is 533 g/mol.